The maximum Gasteiger partial charge on any atom is 0.164 e. The maximum absolute atomic E-state index is 11.4. The number of ketones is 1. The van der Waals surface area contributed by atoms with Crippen molar-refractivity contribution in [2.24, 2.45) is 0 Å². The third-order valence-corrected chi connectivity index (χ3v) is 2.42. The summed E-state index contributed by atoms with van der Waals surface area (Å²) in [5.74, 6) is 0.0585. The highest BCUT2D eigenvalue weighted by Gasteiger charge is 2.23. The number of carbonyl (C=O) groups is 1. The Kier molecular flexibility index (Phi) is 1.82. The number of aryl methyl sites for hydroxylation is 1. The molecule has 3 heteroatoms. The number of carbonyl (C=O) groups excluding carboxylic acids is 1. The first kappa shape index (κ1) is 8.28. The molecule has 1 aromatic rings. The molecular weight excluding hydrogens is 186 g/mol. The van der Waals surface area contributed by atoms with E-state index in [1.165, 1.54) is 0 Å². The Hall–Kier alpha value is -1.33. The van der Waals surface area contributed by atoms with Crippen molar-refractivity contribution in [1.29, 1.82) is 5.26 Å². The molecule has 0 unspecified atom stereocenters. The fourth-order valence-corrected chi connectivity index (χ4v) is 1.89. The van der Waals surface area contributed by atoms with Crippen LogP contribution in [0.1, 0.15) is 27.9 Å². The van der Waals surface area contributed by atoms with Crippen molar-refractivity contribution in [1.82, 2.24) is 0 Å². The molecule has 0 N–H and O–H groups in total. The summed E-state index contributed by atoms with van der Waals surface area (Å²) < 4.78 is 0. The SMILES string of the molecule is N#Cc1cc(Cl)cc2c1C(=O)CC2. The molecule has 0 fully saturated rings. The van der Waals surface area contributed by atoms with Crippen LogP contribution in [0.4, 0.5) is 0 Å². The standard InChI is InChI=1S/C10H6ClNO/c11-8-3-6-1-2-9(13)10(6)7(4-8)5-12/h3-4H,1-2H2. The normalized spacial score (nSPS) is 14.0. The molecule has 0 saturated heterocycles. The summed E-state index contributed by atoms with van der Waals surface area (Å²) in [4.78, 5) is 11.4. The molecule has 64 valence electrons. The van der Waals surface area contributed by atoms with E-state index in [2.05, 4.69) is 0 Å². The zero-order valence-corrected chi connectivity index (χ0v) is 7.56. The van der Waals surface area contributed by atoms with Crippen molar-refractivity contribution in [3.63, 3.8) is 0 Å². The molecule has 0 saturated carbocycles. The van der Waals surface area contributed by atoms with Gasteiger partial charge in [-0.25, -0.2) is 0 Å². The lowest BCUT2D eigenvalue weighted by atomic mass is 10.0. The Bertz CT molecular complexity index is 431. The van der Waals surface area contributed by atoms with Crippen LogP contribution in [0.3, 0.4) is 0 Å². The number of fused-ring (bicyclic) bond motifs is 1. The fraction of sp³-hybridized carbons (Fsp3) is 0.200. The molecule has 1 aromatic carbocycles. The van der Waals surface area contributed by atoms with Crippen LogP contribution in [0.5, 0.6) is 0 Å². The van der Waals surface area contributed by atoms with E-state index >= 15 is 0 Å². The summed E-state index contributed by atoms with van der Waals surface area (Å²) in [6.07, 6.45) is 1.22. The van der Waals surface area contributed by atoms with Gasteiger partial charge in [-0.1, -0.05) is 11.6 Å². The number of hydrogen-bond acceptors (Lipinski definition) is 2. The highest BCUT2D eigenvalue weighted by molar-refractivity contribution is 6.31. The van der Waals surface area contributed by atoms with E-state index in [1.54, 1.807) is 12.1 Å². The van der Waals surface area contributed by atoms with Crippen LogP contribution in [0, 0.1) is 11.3 Å². The second kappa shape index (κ2) is 2.86. The van der Waals surface area contributed by atoms with Gasteiger partial charge in [0.25, 0.3) is 0 Å². The van der Waals surface area contributed by atoms with E-state index in [-0.39, 0.29) is 5.78 Å². The van der Waals surface area contributed by atoms with E-state index in [9.17, 15) is 4.79 Å². The van der Waals surface area contributed by atoms with Gasteiger partial charge in [0.2, 0.25) is 0 Å². The Morgan fingerprint density at radius 2 is 2.15 bits per heavy atom. The maximum atomic E-state index is 11.4. The smallest absolute Gasteiger partial charge is 0.164 e. The molecule has 0 spiro atoms. The van der Waals surface area contributed by atoms with Gasteiger partial charge in [-0.15, -0.1) is 0 Å². The van der Waals surface area contributed by atoms with E-state index < -0.39 is 0 Å². The molecule has 0 bridgehead atoms. The third kappa shape index (κ3) is 1.22. The van der Waals surface area contributed by atoms with Gasteiger partial charge in [-0.2, -0.15) is 5.26 Å². The minimum Gasteiger partial charge on any atom is -0.294 e. The van der Waals surface area contributed by atoms with E-state index in [1.807, 2.05) is 6.07 Å². The second-order valence-corrected chi connectivity index (χ2v) is 3.46. The Morgan fingerprint density at radius 1 is 1.38 bits per heavy atom. The summed E-state index contributed by atoms with van der Waals surface area (Å²) in [7, 11) is 0. The average molecular weight is 192 g/mol. The number of benzene rings is 1. The van der Waals surface area contributed by atoms with Gasteiger partial charge in [0.05, 0.1) is 11.6 Å². The first-order chi connectivity index (χ1) is 6.22. The van der Waals surface area contributed by atoms with Crippen LogP contribution < -0.4 is 0 Å². The zero-order valence-electron chi connectivity index (χ0n) is 6.80. The van der Waals surface area contributed by atoms with Crippen molar-refractivity contribution in [2.75, 3.05) is 0 Å². The lowest BCUT2D eigenvalue weighted by Crippen LogP contribution is -1.95. The van der Waals surface area contributed by atoms with Gasteiger partial charge in [-0.3, -0.25) is 4.79 Å². The topological polar surface area (TPSA) is 40.9 Å². The Labute approximate surface area is 80.7 Å². The van der Waals surface area contributed by atoms with Gasteiger partial charge in [0.15, 0.2) is 5.78 Å². The monoisotopic (exact) mass is 191 g/mol. The molecule has 2 rings (SSSR count). The third-order valence-electron chi connectivity index (χ3n) is 2.21. The van der Waals surface area contributed by atoms with Gasteiger partial charge >= 0.3 is 0 Å². The number of rotatable bonds is 0. The van der Waals surface area contributed by atoms with Crippen molar-refractivity contribution in [3.8, 4) is 6.07 Å². The van der Waals surface area contributed by atoms with E-state index in [0.29, 0.717) is 29.0 Å². The number of Topliss-reactive ketones (excluding diaryl/α,β-unsaturated/α-hetero) is 1. The quantitative estimate of drug-likeness (QED) is 0.632. The number of hydrogen-bond donors (Lipinski definition) is 0. The Balaban J connectivity index is 2.73. The lowest BCUT2D eigenvalue weighted by molar-refractivity contribution is 0.0994. The first-order valence-corrected chi connectivity index (χ1v) is 4.36. The summed E-state index contributed by atoms with van der Waals surface area (Å²) >= 11 is 5.79. The summed E-state index contributed by atoms with van der Waals surface area (Å²) in [5, 5.41) is 9.32. The molecule has 0 atom stereocenters. The van der Waals surface area contributed by atoms with Crippen molar-refractivity contribution >= 4 is 17.4 Å². The van der Waals surface area contributed by atoms with Crippen LogP contribution in [0.2, 0.25) is 5.02 Å². The number of halogens is 1. The highest BCUT2D eigenvalue weighted by atomic mass is 35.5. The lowest BCUT2D eigenvalue weighted by Gasteiger charge is -2.00. The molecule has 0 radical (unpaired) electrons. The first-order valence-electron chi connectivity index (χ1n) is 3.98. The molecule has 0 heterocycles. The van der Waals surface area contributed by atoms with Crippen LogP contribution >= 0.6 is 11.6 Å². The van der Waals surface area contributed by atoms with Gasteiger partial charge < -0.3 is 0 Å². The van der Waals surface area contributed by atoms with E-state index in [4.69, 9.17) is 16.9 Å². The zero-order chi connectivity index (χ0) is 9.42. The number of nitriles is 1. The average Bonchev–Trinajstić information content (AvgIpc) is 2.46. The Morgan fingerprint density at radius 3 is 2.85 bits per heavy atom. The summed E-state index contributed by atoms with van der Waals surface area (Å²) in [6.45, 7) is 0. The fourth-order valence-electron chi connectivity index (χ4n) is 1.65. The van der Waals surface area contributed by atoms with Crippen molar-refractivity contribution in [2.45, 2.75) is 12.8 Å². The van der Waals surface area contributed by atoms with Crippen LogP contribution in [0.25, 0.3) is 0 Å². The van der Waals surface area contributed by atoms with Gasteiger partial charge in [-0.05, 0) is 24.1 Å². The van der Waals surface area contributed by atoms with Crippen molar-refractivity contribution in [3.05, 3.63) is 33.8 Å². The molecule has 0 aliphatic heterocycles. The van der Waals surface area contributed by atoms with Crippen LogP contribution in [-0.2, 0) is 6.42 Å². The largest absolute Gasteiger partial charge is 0.294 e. The molecule has 1 aliphatic rings. The highest BCUT2D eigenvalue weighted by Crippen LogP contribution is 2.28. The van der Waals surface area contributed by atoms with Gasteiger partial charge in [0.1, 0.15) is 0 Å². The van der Waals surface area contributed by atoms with E-state index in [0.717, 1.165) is 5.56 Å². The molecule has 2 nitrogen and oxygen atoms in total. The molecule has 13 heavy (non-hydrogen) atoms. The van der Waals surface area contributed by atoms with Gasteiger partial charge in [0, 0.05) is 17.0 Å². The van der Waals surface area contributed by atoms with Crippen molar-refractivity contribution < 1.29 is 4.79 Å². The predicted octanol–water partition coefficient (Wildman–Crippen LogP) is 2.34. The summed E-state index contributed by atoms with van der Waals surface area (Å²) in [6, 6.07) is 5.31. The minimum atomic E-state index is 0.0585. The molecule has 0 aromatic heterocycles. The predicted molar refractivity (Wildman–Crippen MR) is 48.8 cm³/mol. The van der Waals surface area contributed by atoms with Crippen LogP contribution in [-0.4, -0.2) is 5.78 Å². The second-order valence-electron chi connectivity index (χ2n) is 3.02. The number of nitrogens with zero attached hydrogens (tertiary/aromatic N) is 1. The molecule has 1 aliphatic carbocycles. The molecular formula is C10H6ClNO. The van der Waals surface area contributed by atoms with Crippen LogP contribution in [0.15, 0.2) is 12.1 Å². The molecule has 0 amide bonds. The minimum absolute atomic E-state index is 0.0585. The summed E-state index contributed by atoms with van der Waals surface area (Å²) in [5.41, 5.74) is 1.89.